The molecule has 0 amide bonds. The molecule has 0 atom stereocenters. The smallest absolute Gasteiger partial charge is 0.250 e. The van der Waals surface area contributed by atoms with Crippen LogP contribution in [0, 0.1) is 0 Å². The van der Waals surface area contributed by atoms with E-state index < -0.39 is 0 Å². The molecule has 3 rings (SSSR count). The minimum absolute atomic E-state index is 0.0549. The van der Waals surface area contributed by atoms with Crippen LogP contribution in [0.2, 0.25) is 0 Å². The zero-order valence-corrected chi connectivity index (χ0v) is 12.1. The van der Waals surface area contributed by atoms with Crippen molar-refractivity contribution in [3.63, 3.8) is 0 Å². The summed E-state index contributed by atoms with van der Waals surface area (Å²) >= 11 is 3.39. The lowest BCUT2D eigenvalue weighted by molar-refractivity contribution is 0.571. The third-order valence-electron chi connectivity index (χ3n) is 2.87. The zero-order chi connectivity index (χ0) is 13.9. The highest BCUT2D eigenvalue weighted by Gasteiger charge is 2.07. The summed E-state index contributed by atoms with van der Waals surface area (Å²) in [5, 5.41) is 0. The van der Waals surface area contributed by atoms with E-state index in [2.05, 4.69) is 20.9 Å². The van der Waals surface area contributed by atoms with Gasteiger partial charge in [0.1, 0.15) is 6.26 Å². The highest BCUT2D eigenvalue weighted by molar-refractivity contribution is 9.10. The molecule has 0 N–H and O–H groups in total. The molecule has 0 radical (unpaired) electrons. The molecule has 2 aromatic heterocycles. The van der Waals surface area contributed by atoms with E-state index in [-0.39, 0.29) is 5.56 Å². The fraction of sp³-hybridized carbons (Fsp3) is 0.0667. The zero-order valence-electron chi connectivity index (χ0n) is 10.5. The molecule has 0 aliphatic rings. The third-order valence-corrected chi connectivity index (χ3v) is 3.40. The first-order valence-corrected chi connectivity index (χ1v) is 6.87. The maximum absolute atomic E-state index is 11.6. The third kappa shape index (κ3) is 2.72. The van der Waals surface area contributed by atoms with Gasteiger partial charge in [-0.15, -0.1) is 0 Å². The number of aromatic nitrogens is 2. The van der Waals surface area contributed by atoms with Gasteiger partial charge in [-0.25, -0.2) is 4.98 Å². The van der Waals surface area contributed by atoms with Crippen LogP contribution in [-0.2, 0) is 6.54 Å². The first kappa shape index (κ1) is 12.9. The summed E-state index contributed by atoms with van der Waals surface area (Å²) in [5.74, 6) is 0.552. The highest BCUT2D eigenvalue weighted by atomic mass is 79.9. The van der Waals surface area contributed by atoms with Crippen LogP contribution in [0.5, 0.6) is 0 Å². The van der Waals surface area contributed by atoms with Crippen molar-refractivity contribution in [1.82, 2.24) is 9.55 Å². The second kappa shape index (κ2) is 5.46. The molecule has 0 spiro atoms. The average molecular weight is 331 g/mol. The molecule has 4 nitrogen and oxygen atoms in total. The molecule has 0 saturated carbocycles. The molecule has 100 valence electrons. The summed E-state index contributed by atoms with van der Waals surface area (Å²) in [4.78, 5) is 16.0. The van der Waals surface area contributed by atoms with Gasteiger partial charge < -0.3 is 8.98 Å². The van der Waals surface area contributed by atoms with Crippen molar-refractivity contribution in [2.75, 3.05) is 0 Å². The lowest BCUT2D eigenvalue weighted by Gasteiger charge is -2.00. The van der Waals surface area contributed by atoms with E-state index in [0.29, 0.717) is 12.4 Å². The Kier molecular flexibility index (Phi) is 3.52. The van der Waals surface area contributed by atoms with Crippen LogP contribution in [0.25, 0.3) is 11.5 Å². The summed E-state index contributed by atoms with van der Waals surface area (Å²) < 4.78 is 8.05. The highest BCUT2D eigenvalue weighted by Crippen LogP contribution is 2.21. The Balaban J connectivity index is 1.86. The van der Waals surface area contributed by atoms with Crippen molar-refractivity contribution in [3.05, 3.63) is 75.4 Å². The molecule has 0 aliphatic carbocycles. The topological polar surface area (TPSA) is 48.0 Å². The Hall–Kier alpha value is -2.14. The Morgan fingerprint density at radius 1 is 1.15 bits per heavy atom. The minimum atomic E-state index is -0.0549. The van der Waals surface area contributed by atoms with E-state index in [9.17, 15) is 4.79 Å². The molecule has 0 saturated heterocycles. The van der Waals surface area contributed by atoms with Gasteiger partial charge in [-0.05, 0) is 30.3 Å². The summed E-state index contributed by atoms with van der Waals surface area (Å²) in [5.41, 5.74) is 1.57. The molecular formula is C15H11BrN2O2. The molecule has 1 aromatic carbocycles. The fourth-order valence-corrected chi connectivity index (χ4v) is 2.13. The van der Waals surface area contributed by atoms with Gasteiger partial charge in [-0.3, -0.25) is 4.79 Å². The normalized spacial score (nSPS) is 10.7. The molecule has 2 heterocycles. The molecule has 0 bridgehead atoms. The van der Waals surface area contributed by atoms with Crippen LogP contribution >= 0.6 is 15.9 Å². The van der Waals surface area contributed by atoms with Crippen LogP contribution in [0.15, 0.2) is 68.6 Å². The maximum atomic E-state index is 11.6. The maximum Gasteiger partial charge on any atom is 0.250 e. The van der Waals surface area contributed by atoms with Gasteiger partial charge in [0.15, 0.2) is 0 Å². The number of rotatable bonds is 3. The first-order chi connectivity index (χ1) is 9.72. The van der Waals surface area contributed by atoms with E-state index in [1.54, 1.807) is 23.1 Å². The van der Waals surface area contributed by atoms with Crippen molar-refractivity contribution >= 4 is 15.9 Å². The van der Waals surface area contributed by atoms with Gasteiger partial charge in [0.05, 0.1) is 12.2 Å². The number of oxazole rings is 1. The molecule has 0 aliphatic heterocycles. The van der Waals surface area contributed by atoms with Crippen molar-refractivity contribution in [2.45, 2.75) is 6.54 Å². The van der Waals surface area contributed by atoms with Gasteiger partial charge in [-0.2, -0.15) is 0 Å². The quantitative estimate of drug-likeness (QED) is 0.740. The fourth-order valence-electron chi connectivity index (χ4n) is 1.87. The number of halogens is 1. The first-order valence-electron chi connectivity index (χ1n) is 6.08. The van der Waals surface area contributed by atoms with Crippen LogP contribution in [0.1, 0.15) is 5.69 Å². The van der Waals surface area contributed by atoms with Crippen molar-refractivity contribution < 1.29 is 4.42 Å². The van der Waals surface area contributed by atoms with Gasteiger partial charge >= 0.3 is 0 Å². The van der Waals surface area contributed by atoms with Gasteiger partial charge in [-0.1, -0.05) is 22.0 Å². The Bertz CT molecular complexity index is 775. The second-order valence-corrected chi connectivity index (χ2v) is 5.23. The minimum Gasteiger partial charge on any atom is -0.444 e. The second-order valence-electron chi connectivity index (χ2n) is 4.32. The van der Waals surface area contributed by atoms with Crippen LogP contribution in [0.4, 0.5) is 0 Å². The number of nitrogens with zero attached hydrogens (tertiary/aromatic N) is 2. The summed E-state index contributed by atoms with van der Waals surface area (Å²) in [6, 6.07) is 12.8. The van der Waals surface area contributed by atoms with Gasteiger partial charge in [0.25, 0.3) is 5.56 Å². The predicted octanol–water partition coefficient (Wildman–Crippen LogP) is 3.31. The van der Waals surface area contributed by atoms with E-state index in [1.165, 1.54) is 6.07 Å². The number of pyridine rings is 1. The van der Waals surface area contributed by atoms with Crippen molar-refractivity contribution in [3.8, 4) is 11.5 Å². The molecule has 3 aromatic rings. The van der Waals surface area contributed by atoms with Crippen molar-refractivity contribution in [1.29, 1.82) is 0 Å². The lowest BCUT2D eigenvalue weighted by Crippen LogP contribution is -2.18. The Morgan fingerprint density at radius 3 is 2.70 bits per heavy atom. The number of hydrogen-bond acceptors (Lipinski definition) is 3. The van der Waals surface area contributed by atoms with Crippen molar-refractivity contribution in [2.24, 2.45) is 0 Å². The summed E-state index contributed by atoms with van der Waals surface area (Å²) in [7, 11) is 0. The Morgan fingerprint density at radius 2 is 1.95 bits per heavy atom. The van der Waals surface area contributed by atoms with Crippen LogP contribution < -0.4 is 5.56 Å². The molecule has 0 fully saturated rings. The lowest BCUT2D eigenvalue weighted by atomic mass is 10.2. The molecular weight excluding hydrogens is 320 g/mol. The van der Waals surface area contributed by atoms with Crippen LogP contribution in [0.3, 0.4) is 0 Å². The summed E-state index contributed by atoms with van der Waals surface area (Å²) in [6.45, 7) is 0.402. The van der Waals surface area contributed by atoms with Gasteiger partial charge in [0.2, 0.25) is 5.89 Å². The number of benzene rings is 1. The SMILES string of the molecule is O=c1ccccn1Cc1coc(-c2ccc(Br)cc2)n1. The largest absolute Gasteiger partial charge is 0.444 e. The predicted molar refractivity (Wildman–Crippen MR) is 79.4 cm³/mol. The average Bonchev–Trinajstić information content (AvgIpc) is 2.91. The molecule has 0 unspecified atom stereocenters. The Labute approximate surface area is 123 Å². The van der Waals surface area contributed by atoms with E-state index >= 15 is 0 Å². The van der Waals surface area contributed by atoms with E-state index in [0.717, 1.165) is 15.7 Å². The van der Waals surface area contributed by atoms with Gasteiger partial charge in [0, 0.05) is 22.3 Å². The molecule has 5 heteroatoms. The summed E-state index contributed by atoms with van der Waals surface area (Å²) in [6.07, 6.45) is 3.31. The van der Waals surface area contributed by atoms with E-state index in [4.69, 9.17) is 4.42 Å². The molecule has 20 heavy (non-hydrogen) atoms. The van der Waals surface area contributed by atoms with E-state index in [1.807, 2.05) is 30.3 Å². The van der Waals surface area contributed by atoms with Crippen LogP contribution in [-0.4, -0.2) is 9.55 Å². The standard InChI is InChI=1S/C15H11BrN2O2/c16-12-6-4-11(5-7-12)15-17-13(10-20-15)9-18-8-2-1-3-14(18)19/h1-8,10H,9H2. The monoisotopic (exact) mass is 330 g/mol. The number of hydrogen-bond donors (Lipinski definition) is 0.